The van der Waals surface area contributed by atoms with Crippen molar-refractivity contribution in [2.24, 2.45) is 0 Å². The molecule has 15 heavy (non-hydrogen) atoms. The summed E-state index contributed by atoms with van der Waals surface area (Å²) in [6, 6.07) is 6.45. The summed E-state index contributed by atoms with van der Waals surface area (Å²) in [7, 11) is 1.67. The van der Waals surface area contributed by atoms with E-state index in [1.54, 1.807) is 19.2 Å². The van der Waals surface area contributed by atoms with E-state index in [1.807, 2.05) is 27.7 Å². The predicted molar refractivity (Wildman–Crippen MR) is 62.4 cm³/mol. The van der Waals surface area contributed by atoms with Gasteiger partial charge in [0.15, 0.2) is 0 Å². The van der Waals surface area contributed by atoms with Crippen molar-refractivity contribution >= 4 is 0 Å². The third kappa shape index (κ3) is 3.63. The van der Waals surface area contributed by atoms with E-state index in [9.17, 15) is 4.39 Å². The molecule has 0 aliphatic heterocycles. The van der Waals surface area contributed by atoms with Gasteiger partial charge in [-0.3, -0.25) is 0 Å². The van der Waals surface area contributed by atoms with Gasteiger partial charge in [0.2, 0.25) is 0 Å². The molecule has 0 aliphatic carbocycles. The summed E-state index contributed by atoms with van der Waals surface area (Å²) < 4.78 is 18.0. The topological polar surface area (TPSA) is 9.23 Å². The van der Waals surface area contributed by atoms with Gasteiger partial charge in [0.25, 0.3) is 0 Å². The van der Waals surface area contributed by atoms with E-state index in [-0.39, 0.29) is 11.4 Å². The Morgan fingerprint density at radius 3 is 2.00 bits per heavy atom. The SMILES string of the molecule is CC.CCC(C)(OC)c1ccc(F)cc1. The van der Waals surface area contributed by atoms with Crippen molar-refractivity contribution in [1.29, 1.82) is 0 Å². The van der Waals surface area contributed by atoms with Crippen LogP contribution in [0.5, 0.6) is 0 Å². The molecule has 86 valence electrons. The zero-order chi connectivity index (χ0) is 11.9. The van der Waals surface area contributed by atoms with Crippen LogP contribution in [0.2, 0.25) is 0 Å². The van der Waals surface area contributed by atoms with Crippen LogP contribution >= 0.6 is 0 Å². The van der Waals surface area contributed by atoms with Crippen LogP contribution in [0, 0.1) is 5.82 Å². The Labute approximate surface area is 92.3 Å². The number of ether oxygens (including phenoxy) is 1. The fourth-order valence-electron chi connectivity index (χ4n) is 1.27. The fraction of sp³-hybridized carbons (Fsp3) is 0.538. The minimum atomic E-state index is -0.298. The zero-order valence-corrected chi connectivity index (χ0v) is 10.3. The van der Waals surface area contributed by atoms with Crippen molar-refractivity contribution in [2.75, 3.05) is 7.11 Å². The molecule has 1 rings (SSSR count). The highest BCUT2D eigenvalue weighted by atomic mass is 19.1. The Kier molecular flexibility index (Phi) is 6.18. The largest absolute Gasteiger partial charge is 0.374 e. The van der Waals surface area contributed by atoms with Crippen LogP contribution in [0.1, 0.15) is 39.7 Å². The maximum absolute atomic E-state index is 12.6. The van der Waals surface area contributed by atoms with E-state index >= 15 is 0 Å². The number of methoxy groups -OCH3 is 1. The molecular weight excluding hydrogens is 191 g/mol. The van der Waals surface area contributed by atoms with Crippen molar-refractivity contribution in [3.63, 3.8) is 0 Å². The zero-order valence-electron chi connectivity index (χ0n) is 10.3. The molecule has 1 nitrogen and oxygen atoms in total. The first kappa shape index (κ1) is 14.1. The van der Waals surface area contributed by atoms with Gasteiger partial charge in [0.1, 0.15) is 5.82 Å². The number of halogens is 1. The summed E-state index contributed by atoms with van der Waals surface area (Å²) in [6.07, 6.45) is 0.870. The normalized spacial score (nSPS) is 13.7. The first-order valence-electron chi connectivity index (χ1n) is 5.43. The van der Waals surface area contributed by atoms with Gasteiger partial charge in [-0.05, 0) is 31.0 Å². The van der Waals surface area contributed by atoms with Gasteiger partial charge >= 0.3 is 0 Å². The second-order valence-electron chi connectivity index (χ2n) is 3.30. The van der Waals surface area contributed by atoms with Gasteiger partial charge in [0.05, 0.1) is 5.60 Å². The summed E-state index contributed by atoms with van der Waals surface area (Å²) in [6.45, 7) is 8.05. The van der Waals surface area contributed by atoms with Crippen molar-refractivity contribution < 1.29 is 9.13 Å². The van der Waals surface area contributed by atoms with Crippen LogP contribution < -0.4 is 0 Å². The summed E-state index contributed by atoms with van der Waals surface area (Å²) in [5.74, 6) is -0.210. The summed E-state index contributed by atoms with van der Waals surface area (Å²) in [4.78, 5) is 0. The lowest BCUT2D eigenvalue weighted by Gasteiger charge is -2.27. The minimum Gasteiger partial charge on any atom is -0.374 e. The van der Waals surface area contributed by atoms with Crippen LogP contribution in [0.4, 0.5) is 4.39 Å². The Morgan fingerprint density at radius 2 is 1.67 bits per heavy atom. The van der Waals surface area contributed by atoms with Gasteiger partial charge < -0.3 is 4.74 Å². The minimum absolute atomic E-state index is 0.210. The molecule has 0 amide bonds. The molecule has 0 saturated carbocycles. The van der Waals surface area contributed by atoms with E-state index in [2.05, 4.69) is 0 Å². The van der Waals surface area contributed by atoms with E-state index in [0.717, 1.165) is 12.0 Å². The standard InChI is InChI=1S/C11H15FO.C2H6/c1-4-11(2,13-3)9-5-7-10(12)8-6-9;1-2/h5-8H,4H2,1-3H3;1-2H3. The Hall–Kier alpha value is -0.890. The molecule has 0 spiro atoms. The highest BCUT2D eigenvalue weighted by molar-refractivity contribution is 5.22. The number of hydrogen-bond acceptors (Lipinski definition) is 1. The number of hydrogen-bond donors (Lipinski definition) is 0. The Bertz CT molecular complexity index is 262. The average molecular weight is 212 g/mol. The van der Waals surface area contributed by atoms with Gasteiger partial charge in [-0.15, -0.1) is 0 Å². The van der Waals surface area contributed by atoms with Crippen LogP contribution in [0.25, 0.3) is 0 Å². The molecular formula is C13H21FO. The molecule has 1 unspecified atom stereocenters. The molecule has 0 aromatic heterocycles. The van der Waals surface area contributed by atoms with Crippen molar-refractivity contribution in [3.8, 4) is 0 Å². The summed E-state index contributed by atoms with van der Waals surface area (Å²) >= 11 is 0. The van der Waals surface area contributed by atoms with Crippen LogP contribution in [-0.4, -0.2) is 7.11 Å². The number of benzene rings is 1. The Morgan fingerprint density at radius 1 is 1.20 bits per heavy atom. The highest BCUT2D eigenvalue weighted by Crippen LogP contribution is 2.27. The molecule has 0 aliphatic rings. The molecule has 1 atom stereocenters. The van der Waals surface area contributed by atoms with E-state index in [4.69, 9.17) is 4.74 Å². The van der Waals surface area contributed by atoms with Crippen LogP contribution in [0.15, 0.2) is 24.3 Å². The first-order chi connectivity index (χ1) is 7.12. The molecule has 1 aromatic carbocycles. The molecule has 0 heterocycles. The molecule has 0 radical (unpaired) electrons. The lowest BCUT2D eigenvalue weighted by molar-refractivity contribution is -0.00144. The Balaban J connectivity index is 0.000000921. The maximum atomic E-state index is 12.6. The van der Waals surface area contributed by atoms with Gasteiger partial charge in [-0.25, -0.2) is 4.39 Å². The number of rotatable bonds is 3. The third-order valence-corrected chi connectivity index (χ3v) is 2.58. The van der Waals surface area contributed by atoms with Crippen LogP contribution in [0.3, 0.4) is 0 Å². The smallest absolute Gasteiger partial charge is 0.123 e. The molecule has 2 heteroatoms. The van der Waals surface area contributed by atoms with Crippen molar-refractivity contribution in [2.45, 2.75) is 39.7 Å². The third-order valence-electron chi connectivity index (χ3n) is 2.58. The lowest BCUT2D eigenvalue weighted by atomic mass is 9.93. The second-order valence-corrected chi connectivity index (χ2v) is 3.30. The highest BCUT2D eigenvalue weighted by Gasteiger charge is 2.23. The fourth-order valence-corrected chi connectivity index (χ4v) is 1.27. The average Bonchev–Trinajstić information content (AvgIpc) is 2.31. The summed E-state index contributed by atoms with van der Waals surface area (Å²) in [5, 5.41) is 0. The second kappa shape index (κ2) is 6.57. The molecule has 0 N–H and O–H groups in total. The van der Waals surface area contributed by atoms with Gasteiger partial charge in [0, 0.05) is 7.11 Å². The van der Waals surface area contributed by atoms with E-state index in [0.29, 0.717) is 0 Å². The van der Waals surface area contributed by atoms with E-state index in [1.165, 1.54) is 12.1 Å². The molecule has 0 bridgehead atoms. The summed E-state index contributed by atoms with van der Waals surface area (Å²) in [5.41, 5.74) is 0.715. The monoisotopic (exact) mass is 212 g/mol. The van der Waals surface area contributed by atoms with Crippen molar-refractivity contribution in [1.82, 2.24) is 0 Å². The van der Waals surface area contributed by atoms with E-state index < -0.39 is 0 Å². The molecule has 0 fully saturated rings. The van der Waals surface area contributed by atoms with Gasteiger partial charge in [-0.2, -0.15) is 0 Å². The van der Waals surface area contributed by atoms with Gasteiger partial charge in [-0.1, -0.05) is 32.9 Å². The first-order valence-corrected chi connectivity index (χ1v) is 5.43. The quantitative estimate of drug-likeness (QED) is 0.732. The lowest BCUT2D eigenvalue weighted by Crippen LogP contribution is -2.22. The van der Waals surface area contributed by atoms with Crippen molar-refractivity contribution in [3.05, 3.63) is 35.6 Å². The maximum Gasteiger partial charge on any atom is 0.123 e. The van der Waals surface area contributed by atoms with Crippen LogP contribution in [-0.2, 0) is 10.3 Å². The molecule has 0 saturated heterocycles. The predicted octanol–water partition coefficient (Wildman–Crippen LogP) is 4.12. The molecule has 1 aromatic rings.